The molecule has 1 atom stereocenters. The van der Waals surface area contributed by atoms with Gasteiger partial charge in [-0.2, -0.15) is 5.11 Å². The van der Waals surface area contributed by atoms with E-state index in [4.69, 9.17) is 4.74 Å². The lowest BCUT2D eigenvalue weighted by Gasteiger charge is -2.08. The van der Waals surface area contributed by atoms with Gasteiger partial charge in [0.25, 0.3) is 5.91 Å². The molecule has 2 aliphatic rings. The molecule has 0 radical (unpaired) electrons. The van der Waals surface area contributed by atoms with Crippen molar-refractivity contribution in [2.45, 2.75) is 12.5 Å². The Morgan fingerprint density at radius 3 is 2.73 bits per heavy atom. The maximum atomic E-state index is 12.5. The molecule has 2 heterocycles. The van der Waals surface area contributed by atoms with E-state index in [1.807, 2.05) is 42.5 Å². The van der Waals surface area contributed by atoms with E-state index in [0.29, 0.717) is 23.6 Å². The number of nitrogens with zero attached hydrogens (tertiary/aromatic N) is 5. The Balaban J connectivity index is 1.61. The van der Waals surface area contributed by atoms with Crippen LogP contribution >= 0.6 is 0 Å². The molecule has 0 aromatic heterocycles. The summed E-state index contributed by atoms with van der Waals surface area (Å²) in [5, 5.41) is 16.7. The number of methoxy groups -OCH3 is 1. The number of azo groups is 1. The number of carbonyl (C=O) groups excluding carboxylic acids is 1. The summed E-state index contributed by atoms with van der Waals surface area (Å²) >= 11 is 0. The first-order valence-corrected chi connectivity index (χ1v) is 8.24. The van der Waals surface area contributed by atoms with Gasteiger partial charge in [-0.05, 0) is 23.8 Å². The van der Waals surface area contributed by atoms with Gasteiger partial charge in [-0.15, -0.1) is 15.3 Å². The molecule has 0 aliphatic carbocycles. The minimum Gasteiger partial charge on any atom is -0.497 e. The molecular weight excluding hydrogens is 330 g/mol. The number of ether oxygens (including phenoxy) is 1. The molecule has 0 saturated carbocycles. The summed E-state index contributed by atoms with van der Waals surface area (Å²) in [5.41, 5.74) is 2.86. The van der Waals surface area contributed by atoms with Crippen LogP contribution in [-0.4, -0.2) is 31.6 Å². The molecule has 0 fully saturated rings. The fourth-order valence-electron chi connectivity index (χ4n) is 3.02. The Morgan fingerprint density at radius 2 is 1.96 bits per heavy atom. The quantitative estimate of drug-likeness (QED) is 0.798. The predicted molar refractivity (Wildman–Crippen MR) is 99.0 cm³/mol. The zero-order chi connectivity index (χ0) is 18.1. The van der Waals surface area contributed by atoms with Crippen molar-refractivity contribution >= 4 is 23.1 Å². The third-order valence-electron chi connectivity index (χ3n) is 4.47. The lowest BCUT2D eigenvalue weighted by atomic mass is 10.1. The number of rotatable bonds is 3. The zero-order valence-corrected chi connectivity index (χ0v) is 14.5. The van der Waals surface area contributed by atoms with Crippen molar-refractivity contribution in [3.63, 3.8) is 0 Å². The summed E-state index contributed by atoms with van der Waals surface area (Å²) in [4.78, 5) is 14.0. The second-order valence-electron chi connectivity index (χ2n) is 6.06. The molecule has 0 spiro atoms. The highest BCUT2D eigenvalue weighted by molar-refractivity contribution is 6.54. The van der Waals surface area contributed by atoms with Crippen LogP contribution in [0.2, 0.25) is 0 Å². The highest BCUT2D eigenvalue weighted by Crippen LogP contribution is 2.32. The van der Waals surface area contributed by atoms with Crippen LogP contribution in [0.15, 0.2) is 69.0 Å². The number of amidine groups is 1. The van der Waals surface area contributed by atoms with E-state index in [9.17, 15) is 4.79 Å². The molecule has 130 valence electrons. The minimum atomic E-state index is -0.202. The second kappa shape index (κ2) is 6.51. The topological polar surface area (TPSA) is 79.0 Å². The molecule has 1 unspecified atom stereocenters. The van der Waals surface area contributed by atoms with E-state index in [0.717, 1.165) is 11.3 Å². The van der Waals surface area contributed by atoms with Gasteiger partial charge in [0, 0.05) is 19.0 Å². The van der Waals surface area contributed by atoms with Crippen molar-refractivity contribution in [2.75, 3.05) is 19.1 Å². The van der Waals surface area contributed by atoms with E-state index in [1.54, 1.807) is 25.1 Å². The van der Waals surface area contributed by atoms with Crippen LogP contribution in [0.4, 0.5) is 5.69 Å². The van der Waals surface area contributed by atoms with Gasteiger partial charge in [0.1, 0.15) is 11.8 Å². The molecule has 2 aromatic rings. The Hall–Kier alpha value is -3.35. The van der Waals surface area contributed by atoms with Crippen LogP contribution < -0.4 is 9.64 Å². The standard InChI is InChI=1S/C19H17N5O2/c1-24-16-9-8-13(26-2)10-14(16)18(19(24)25)23-22-17-11-15(20-21-17)12-6-4-3-5-7-12/h3-10,15H,11H2,1-2H3/b22-17+,23-18-. The van der Waals surface area contributed by atoms with Gasteiger partial charge in [-0.25, -0.2) is 0 Å². The number of carbonyl (C=O) groups is 1. The molecule has 2 aliphatic heterocycles. The monoisotopic (exact) mass is 347 g/mol. The Bertz CT molecular complexity index is 950. The fourth-order valence-corrected chi connectivity index (χ4v) is 3.02. The lowest BCUT2D eigenvalue weighted by molar-refractivity contribution is -0.111. The Morgan fingerprint density at radius 1 is 1.15 bits per heavy atom. The summed E-state index contributed by atoms with van der Waals surface area (Å²) in [6.07, 6.45) is 0.565. The van der Waals surface area contributed by atoms with Crippen LogP contribution in [0, 0.1) is 0 Å². The molecule has 0 saturated heterocycles. The van der Waals surface area contributed by atoms with Gasteiger partial charge in [0.15, 0.2) is 11.5 Å². The maximum Gasteiger partial charge on any atom is 0.279 e. The number of likely N-dealkylation sites (N-methyl/N-ethyl adjacent to an activating group) is 1. The summed E-state index contributed by atoms with van der Waals surface area (Å²) in [5.74, 6) is 0.974. The smallest absolute Gasteiger partial charge is 0.279 e. The number of hydrogen-bond donors (Lipinski definition) is 0. The lowest BCUT2D eigenvalue weighted by Crippen LogP contribution is -2.25. The van der Waals surface area contributed by atoms with Gasteiger partial charge < -0.3 is 9.64 Å². The first kappa shape index (κ1) is 16.1. The van der Waals surface area contributed by atoms with Crippen molar-refractivity contribution < 1.29 is 9.53 Å². The van der Waals surface area contributed by atoms with Gasteiger partial charge in [-0.3, -0.25) is 4.79 Å². The summed E-state index contributed by atoms with van der Waals surface area (Å²) < 4.78 is 5.25. The highest BCUT2D eigenvalue weighted by atomic mass is 16.5. The van der Waals surface area contributed by atoms with Crippen molar-refractivity contribution in [3.05, 3.63) is 59.7 Å². The van der Waals surface area contributed by atoms with Crippen molar-refractivity contribution in [2.24, 2.45) is 20.4 Å². The van der Waals surface area contributed by atoms with E-state index in [2.05, 4.69) is 20.4 Å². The first-order valence-electron chi connectivity index (χ1n) is 8.24. The average Bonchev–Trinajstić information content (AvgIpc) is 3.25. The average molecular weight is 347 g/mol. The molecular formula is C19H17N5O2. The van der Waals surface area contributed by atoms with Crippen LogP contribution in [0.5, 0.6) is 5.75 Å². The third-order valence-corrected chi connectivity index (χ3v) is 4.47. The van der Waals surface area contributed by atoms with Crippen LogP contribution in [0.1, 0.15) is 23.6 Å². The highest BCUT2D eigenvalue weighted by Gasteiger charge is 2.32. The molecule has 7 nitrogen and oxygen atoms in total. The van der Waals surface area contributed by atoms with Crippen LogP contribution in [0.3, 0.4) is 0 Å². The maximum absolute atomic E-state index is 12.5. The summed E-state index contributed by atoms with van der Waals surface area (Å²) in [6, 6.07) is 15.3. The number of benzene rings is 2. The van der Waals surface area contributed by atoms with Crippen molar-refractivity contribution in [3.8, 4) is 5.75 Å². The SMILES string of the molecule is COc1ccc2c(c1)/C(=N/N=C1\CC(c3ccccc3)N=N1)C(=O)N2C. The number of anilines is 1. The third kappa shape index (κ3) is 2.77. The van der Waals surface area contributed by atoms with Gasteiger partial charge in [0.05, 0.1) is 12.8 Å². The summed E-state index contributed by atoms with van der Waals surface area (Å²) in [6.45, 7) is 0. The normalized spacial score (nSPS) is 21.7. The fraction of sp³-hybridized carbons (Fsp3) is 0.211. The molecule has 7 heteroatoms. The molecule has 0 bridgehead atoms. The molecule has 4 rings (SSSR count). The van der Waals surface area contributed by atoms with E-state index < -0.39 is 0 Å². The Kier molecular flexibility index (Phi) is 4.04. The molecule has 1 amide bonds. The number of amides is 1. The van der Waals surface area contributed by atoms with E-state index in [1.165, 1.54) is 0 Å². The van der Waals surface area contributed by atoms with Gasteiger partial charge in [-0.1, -0.05) is 30.3 Å². The largest absolute Gasteiger partial charge is 0.497 e. The van der Waals surface area contributed by atoms with Gasteiger partial charge >= 0.3 is 0 Å². The predicted octanol–water partition coefficient (Wildman–Crippen LogP) is 3.37. The molecule has 2 aromatic carbocycles. The van der Waals surface area contributed by atoms with Crippen LogP contribution in [-0.2, 0) is 4.79 Å². The minimum absolute atomic E-state index is 0.0514. The van der Waals surface area contributed by atoms with Gasteiger partial charge in [0.2, 0.25) is 0 Å². The summed E-state index contributed by atoms with van der Waals surface area (Å²) in [7, 11) is 3.30. The second-order valence-corrected chi connectivity index (χ2v) is 6.06. The Labute approximate surface area is 150 Å². The van der Waals surface area contributed by atoms with Crippen molar-refractivity contribution in [1.82, 2.24) is 0 Å². The first-order chi connectivity index (χ1) is 12.7. The zero-order valence-electron chi connectivity index (χ0n) is 14.5. The van der Waals surface area contributed by atoms with E-state index in [-0.39, 0.29) is 17.7 Å². The van der Waals surface area contributed by atoms with E-state index >= 15 is 0 Å². The van der Waals surface area contributed by atoms with Crippen LogP contribution in [0.25, 0.3) is 0 Å². The molecule has 26 heavy (non-hydrogen) atoms. The number of fused-ring (bicyclic) bond motifs is 1. The van der Waals surface area contributed by atoms with Crippen molar-refractivity contribution in [1.29, 1.82) is 0 Å². The molecule has 0 N–H and O–H groups in total. The number of hydrogen-bond acceptors (Lipinski definition) is 5.